The number of aromatic nitrogens is 2. The van der Waals surface area contributed by atoms with Gasteiger partial charge in [0.1, 0.15) is 11.9 Å². The molecule has 1 atom stereocenters. The molecule has 16 heavy (non-hydrogen) atoms. The fourth-order valence-electron chi connectivity index (χ4n) is 1.51. The van der Waals surface area contributed by atoms with Gasteiger partial charge in [0.25, 0.3) is 0 Å². The molecule has 1 N–H and O–H groups in total. The lowest BCUT2D eigenvalue weighted by Gasteiger charge is -2.09. The van der Waals surface area contributed by atoms with E-state index in [1.165, 1.54) is 12.1 Å². The van der Waals surface area contributed by atoms with E-state index in [2.05, 4.69) is 21.0 Å². The third kappa shape index (κ3) is 2.31. The Morgan fingerprint density at radius 2 is 2.12 bits per heavy atom. The summed E-state index contributed by atoms with van der Waals surface area (Å²) in [6, 6.07) is 4.34. The summed E-state index contributed by atoms with van der Waals surface area (Å²) in [5, 5.41) is 14.0. The number of aliphatic hydroxyl groups excluding tert-OH is 1. The van der Waals surface area contributed by atoms with Crippen LogP contribution in [0.4, 0.5) is 4.39 Å². The molecule has 0 amide bonds. The van der Waals surface area contributed by atoms with Gasteiger partial charge in [-0.2, -0.15) is 5.10 Å². The van der Waals surface area contributed by atoms with Crippen LogP contribution in [0.2, 0.25) is 0 Å². The van der Waals surface area contributed by atoms with Crippen LogP contribution in [0.5, 0.6) is 0 Å². The van der Waals surface area contributed by atoms with Crippen molar-refractivity contribution in [3.63, 3.8) is 0 Å². The van der Waals surface area contributed by atoms with E-state index in [0.29, 0.717) is 15.6 Å². The molecule has 5 heteroatoms. The second kappa shape index (κ2) is 4.35. The van der Waals surface area contributed by atoms with Crippen LogP contribution in [0, 0.1) is 5.82 Å². The molecule has 1 aromatic carbocycles. The fraction of sp³-hybridized carbons (Fsp3) is 0.182. The summed E-state index contributed by atoms with van der Waals surface area (Å²) in [6.45, 7) is 0. The van der Waals surface area contributed by atoms with Crippen molar-refractivity contribution in [3.05, 3.63) is 52.0 Å². The zero-order valence-electron chi connectivity index (χ0n) is 8.56. The largest absolute Gasteiger partial charge is 0.384 e. The standard InChI is InChI=1S/C11H10BrFN2O/c1-15-6-8(5-14-15)11(16)7-2-9(12)4-10(13)3-7/h2-6,11,16H,1H3. The van der Waals surface area contributed by atoms with E-state index >= 15 is 0 Å². The van der Waals surface area contributed by atoms with Crippen LogP contribution >= 0.6 is 15.9 Å². The van der Waals surface area contributed by atoms with Gasteiger partial charge in [-0.15, -0.1) is 0 Å². The number of aryl methyl sites for hydroxylation is 1. The van der Waals surface area contributed by atoms with E-state index < -0.39 is 6.10 Å². The van der Waals surface area contributed by atoms with Gasteiger partial charge in [0.05, 0.1) is 6.20 Å². The van der Waals surface area contributed by atoms with Gasteiger partial charge in [0.15, 0.2) is 0 Å². The van der Waals surface area contributed by atoms with Crippen LogP contribution in [0.25, 0.3) is 0 Å². The smallest absolute Gasteiger partial charge is 0.124 e. The quantitative estimate of drug-likeness (QED) is 0.920. The summed E-state index contributed by atoms with van der Waals surface area (Å²) in [7, 11) is 1.76. The number of benzene rings is 1. The van der Waals surface area contributed by atoms with Gasteiger partial charge in [-0.3, -0.25) is 4.68 Å². The Labute approximate surface area is 101 Å². The van der Waals surface area contributed by atoms with Crippen molar-refractivity contribution in [2.45, 2.75) is 6.10 Å². The molecule has 2 aromatic rings. The molecule has 0 saturated heterocycles. The predicted octanol–water partition coefficient (Wildman–Crippen LogP) is 2.40. The van der Waals surface area contributed by atoms with Gasteiger partial charge in [0, 0.05) is 23.3 Å². The van der Waals surface area contributed by atoms with E-state index in [-0.39, 0.29) is 5.82 Å². The Morgan fingerprint density at radius 1 is 1.38 bits per heavy atom. The van der Waals surface area contributed by atoms with Gasteiger partial charge in [-0.1, -0.05) is 15.9 Å². The van der Waals surface area contributed by atoms with E-state index in [9.17, 15) is 9.50 Å². The Balaban J connectivity index is 2.37. The maximum atomic E-state index is 13.1. The lowest BCUT2D eigenvalue weighted by molar-refractivity contribution is 0.219. The van der Waals surface area contributed by atoms with Gasteiger partial charge >= 0.3 is 0 Å². The number of hydrogen-bond acceptors (Lipinski definition) is 2. The lowest BCUT2D eigenvalue weighted by atomic mass is 10.0. The average molecular weight is 285 g/mol. The number of rotatable bonds is 2. The number of halogens is 2. The molecule has 0 radical (unpaired) electrons. The Bertz CT molecular complexity index is 492. The lowest BCUT2D eigenvalue weighted by Crippen LogP contribution is -1.99. The molecule has 1 aromatic heterocycles. The molecule has 3 nitrogen and oxygen atoms in total. The minimum atomic E-state index is -0.860. The van der Waals surface area contributed by atoms with Crippen molar-refractivity contribution in [3.8, 4) is 0 Å². The molecule has 0 aliphatic heterocycles. The van der Waals surface area contributed by atoms with Crippen molar-refractivity contribution in [1.29, 1.82) is 0 Å². The first-order valence-corrected chi connectivity index (χ1v) is 5.48. The van der Waals surface area contributed by atoms with Gasteiger partial charge < -0.3 is 5.11 Å². The molecule has 0 spiro atoms. The molecule has 1 unspecified atom stereocenters. The Hall–Kier alpha value is -1.20. The van der Waals surface area contributed by atoms with Crippen LogP contribution in [0.15, 0.2) is 35.1 Å². The molecular formula is C11H10BrFN2O. The number of aliphatic hydroxyl groups is 1. The number of hydrogen-bond donors (Lipinski definition) is 1. The monoisotopic (exact) mass is 284 g/mol. The highest BCUT2D eigenvalue weighted by Gasteiger charge is 2.13. The fourth-order valence-corrected chi connectivity index (χ4v) is 1.99. The first-order valence-electron chi connectivity index (χ1n) is 4.69. The highest BCUT2D eigenvalue weighted by molar-refractivity contribution is 9.10. The van der Waals surface area contributed by atoms with Crippen LogP contribution < -0.4 is 0 Å². The topological polar surface area (TPSA) is 38.0 Å². The summed E-state index contributed by atoms with van der Waals surface area (Å²) in [5.41, 5.74) is 1.14. The molecule has 0 fully saturated rings. The van der Waals surface area contributed by atoms with Crippen LogP contribution in [0.1, 0.15) is 17.2 Å². The van der Waals surface area contributed by atoms with E-state index in [1.807, 2.05) is 0 Å². The van der Waals surface area contributed by atoms with Crippen LogP contribution in [-0.2, 0) is 7.05 Å². The molecule has 0 aliphatic rings. The molecule has 1 heterocycles. The second-order valence-corrected chi connectivity index (χ2v) is 4.47. The minimum Gasteiger partial charge on any atom is -0.384 e. The van der Waals surface area contributed by atoms with Crippen molar-refractivity contribution in [1.82, 2.24) is 9.78 Å². The summed E-state index contributed by atoms with van der Waals surface area (Å²) >= 11 is 3.19. The summed E-state index contributed by atoms with van der Waals surface area (Å²) in [4.78, 5) is 0. The van der Waals surface area contributed by atoms with E-state index in [1.54, 1.807) is 30.2 Å². The molecular weight excluding hydrogens is 275 g/mol. The van der Waals surface area contributed by atoms with Crippen molar-refractivity contribution >= 4 is 15.9 Å². The predicted molar refractivity (Wildman–Crippen MR) is 61.4 cm³/mol. The first kappa shape index (κ1) is 11.3. The van der Waals surface area contributed by atoms with Crippen molar-refractivity contribution < 1.29 is 9.50 Å². The maximum absolute atomic E-state index is 13.1. The average Bonchev–Trinajstić information content (AvgIpc) is 2.62. The Morgan fingerprint density at radius 3 is 2.69 bits per heavy atom. The van der Waals surface area contributed by atoms with Crippen LogP contribution in [0.3, 0.4) is 0 Å². The summed E-state index contributed by atoms with van der Waals surface area (Å²) in [6.07, 6.45) is 2.40. The molecule has 2 rings (SSSR count). The third-order valence-electron chi connectivity index (χ3n) is 2.24. The minimum absolute atomic E-state index is 0.382. The van der Waals surface area contributed by atoms with Gasteiger partial charge in [-0.05, 0) is 23.8 Å². The zero-order valence-corrected chi connectivity index (χ0v) is 10.1. The second-order valence-electron chi connectivity index (χ2n) is 3.55. The first-order chi connectivity index (χ1) is 7.56. The number of nitrogens with zero attached hydrogens (tertiary/aromatic N) is 2. The maximum Gasteiger partial charge on any atom is 0.124 e. The highest BCUT2D eigenvalue weighted by atomic mass is 79.9. The highest BCUT2D eigenvalue weighted by Crippen LogP contribution is 2.25. The molecule has 0 aliphatic carbocycles. The zero-order chi connectivity index (χ0) is 11.7. The van der Waals surface area contributed by atoms with E-state index in [4.69, 9.17) is 0 Å². The molecule has 0 bridgehead atoms. The normalized spacial score (nSPS) is 12.8. The van der Waals surface area contributed by atoms with Crippen molar-refractivity contribution in [2.75, 3.05) is 0 Å². The van der Waals surface area contributed by atoms with Gasteiger partial charge in [0.2, 0.25) is 0 Å². The SMILES string of the molecule is Cn1cc(C(O)c2cc(F)cc(Br)c2)cn1. The molecule has 84 valence electrons. The van der Waals surface area contributed by atoms with E-state index in [0.717, 1.165) is 0 Å². The summed E-state index contributed by atoms with van der Waals surface area (Å²) in [5.74, 6) is -0.382. The molecule has 0 saturated carbocycles. The summed E-state index contributed by atoms with van der Waals surface area (Å²) < 4.78 is 15.3. The van der Waals surface area contributed by atoms with Crippen molar-refractivity contribution in [2.24, 2.45) is 7.05 Å². The van der Waals surface area contributed by atoms with Crippen LogP contribution in [-0.4, -0.2) is 14.9 Å². The van der Waals surface area contributed by atoms with Gasteiger partial charge in [-0.25, -0.2) is 4.39 Å². The third-order valence-corrected chi connectivity index (χ3v) is 2.70. The Kier molecular flexibility index (Phi) is 3.07.